The Morgan fingerprint density at radius 1 is 0.731 bits per heavy atom. The molecule has 126 valence electrons. The monoisotopic (exact) mass is 336 g/mol. The molecule has 0 aliphatic heterocycles. The van der Waals surface area contributed by atoms with Gasteiger partial charge in [0, 0.05) is 23.2 Å². The van der Waals surface area contributed by atoms with Gasteiger partial charge in [0.25, 0.3) is 0 Å². The van der Waals surface area contributed by atoms with E-state index in [-0.39, 0.29) is 0 Å². The average molecular weight is 336 g/mol. The molecule has 1 heterocycles. The van der Waals surface area contributed by atoms with E-state index in [1.54, 1.807) is 0 Å². The lowest BCUT2D eigenvalue weighted by Crippen LogP contribution is -2.00. The summed E-state index contributed by atoms with van der Waals surface area (Å²) >= 11 is 0. The molecule has 26 heavy (non-hydrogen) atoms. The number of para-hydroxylation sites is 1. The lowest BCUT2D eigenvalue weighted by molar-refractivity contribution is 1.07. The second kappa shape index (κ2) is 7.24. The highest BCUT2D eigenvalue weighted by Gasteiger charge is 2.20. The van der Waals surface area contributed by atoms with Gasteiger partial charge in [0.15, 0.2) is 0 Å². The number of imidazole rings is 1. The molecule has 3 aromatic carbocycles. The van der Waals surface area contributed by atoms with Crippen molar-refractivity contribution in [3.05, 3.63) is 109 Å². The molecule has 2 nitrogen and oxygen atoms in total. The van der Waals surface area contributed by atoms with Crippen molar-refractivity contribution in [2.75, 3.05) is 0 Å². The van der Waals surface area contributed by atoms with Crippen LogP contribution in [0.4, 0.5) is 0 Å². The smallest absolute Gasteiger partial charge is 0.145 e. The number of aromatic nitrogens is 2. The zero-order chi connectivity index (χ0) is 17.8. The van der Waals surface area contributed by atoms with Gasteiger partial charge in [0.2, 0.25) is 0 Å². The van der Waals surface area contributed by atoms with Crippen molar-refractivity contribution in [2.45, 2.75) is 6.42 Å². The van der Waals surface area contributed by atoms with Crippen LogP contribution >= 0.6 is 0 Å². The van der Waals surface area contributed by atoms with E-state index in [9.17, 15) is 0 Å². The number of nitrogens with zero attached hydrogens (tertiary/aromatic N) is 2. The topological polar surface area (TPSA) is 17.8 Å². The molecule has 0 atom stereocenters. The maximum atomic E-state index is 5.01. The van der Waals surface area contributed by atoms with Crippen LogP contribution < -0.4 is 0 Å². The van der Waals surface area contributed by atoms with Crippen LogP contribution in [0.1, 0.15) is 5.69 Å². The quantitative estimate of drug-likeness (QED) is 0.413. The van der Waals surface area contributed by atoms with Crippen LogP contribution in [0.2, 0.25) is 0 Å². The molecule has 0 amide bonds. The predicted octanol–water partition coefficient (Wildman–Crippen LogP) is 5.93. The van der Waals surface area contributed by atoms with Gasteiger partial charge in [0.05, 0.1) is 11.4 Å². The summed E-state index contributed by atoms with van der Waals surface area (Å²) in [5.74, 6) is 0.951. The Morgan fingerprint density at radius 3 is 1.85 bits per heavy atom. The minimum absolute atomic E-state index is 0.726. The summed E-state index contributed by atoms with van der Waals surface area (Å²) in [6.07, 6.45) is 2.64. The van der Waals surface area contributed by atoms with Gasteiger partial charge in [-0.1, -0.05) is 84.9 Å². The molecule has 0 aliphatic carbocycles. The third kappa shape index (κ3) is 2.98. The maximum Gasteiger partial charge on any atom is 0.145 e. The van der Waals surface area contributed by atoms with Crippen LogP contribution in [-0.4, -0.2) is 9.55 Å². The molecule has 2 heteroatoms. The summed E-state index contributed by atoms with van der Waals surface area (Å²) in [5, 5.41) is 0. The fourth-order valence-corrected chi connectivity index (χ4v) is 3.25. The molecule has 0 radical (unpaired) electrons. The fourth-order valence-electron chi connectivity index (χ4n) is 3.25. The van der Waals surface area contributed by atoms with E-state index in [1.165, 1.54) is 0 Å². The van der Waals surface area contributed by atoms with Gasteiger partial charge in [-0.3, -0.25) is 4.57 Å². The number of allylic oxidation sites excluding steroid dienone is 1. The van der Waals surface area contributed by atoms with Crippen LogP contribution in [0.5, 0.6) is 0 Å². The SMILES string of the molecule is C=CCc1nc(-c2ccccc2)n(-c2ccccc2)c1-c1ccccc1. The maximum absolute atomic E-state index is 5.01. The van der Waals surface area contributed by atoms with E-state index in [0.29, 0.717) is 0 Å². The van der Waals surface area contributed by atoms with E-state index < -0.39 is 0 Å². The largest absolute Gasteiger partial charge is 0.292 e. The van der Waals surface area contributed by atoms with Gasteiger partial charge in [-0.2, -0.15) is 0 Å². The van der Waals surface area contributed by atoms with Crippen LogP contribution in [0.25, 0.3) is 28.3 Å². The number of benzene rings is 3. The van der Waals surface area contributed by atoms with Crippen molar-refractivity contribution >= 4 is 0 Å². The highest BCUT2D eigenvalue weighted by atomic mass is 15.1. The first-order valence-corrected chi connectivity index (χ1v) is 8.77. The molecule has 0 spiro atoms. The van der Waals surface area contributed by atoms with Crippen molar-refractivity contribution < 1.29 is 0 Å². The lowest BCUT2D eigenvalue weighted by Gasteiger charge is -2.13. The first kappa shape index (κ1) is 16.1. The summed E-state index contributed by atoms with van der Waals surface area (Å²) in [7, 11) is 0. The van der Waals surface area contributed by atoms with Crippen LogP contribution in [-0.2, 0) is 6.42 Å². The van der Waals surface area contributed by atoms with Crippen molar-refractivity contribution in [2.24, 2.45) is 0 Å². The van der Waals surface area contributed by atoms with Crippen molar-refractivity contribution in [1.29, 1.82) is 0 Å². The van der Waals surface area contributed by atoms with Crippen molar-refractivity contribution in [1.82, 2.24) is 9.55 Å². The minimum Gasteiger partial charge on any atom is -0.292 e. The highest BCUT2D eigenvalue weighted by molar-refractivity contribution is 5.72. The van der Waals surface area contributed by atoms with E-state index in [2.05, 4.69) is 83.9 Å². The summed E-state index contributed by atoms with van der Waals surface area (Å²) < 4.78 is 2.25. The molecule has 0 aliphatic rings. The molecular weight excluding hydrogens is 316 g/mol. The minimum atomic E-state index is 0.726. The standard InChI is InChI=1S/C24H20N2/c1-2-12-22-23(19-13-6-3-7-14-19)26(21-17-10-5-11-18-21)24(25-22)20-15-8-4-9-16-20/h2-11,13-18H,1,12H2. The molecule has 1 aromatic heterocycles. The van der Waals surface area contributed by atoms with Gasteiger partial charge >= 0.3 is 0 Å². The molecule has 4 rings (SSSR count). The van der Waals surface area contributed by atoms with E-state index in [0.717, 1.165) is 40.4 Å². The third-order valence-corrected chi connectivity index (χ3v) is 4.38. The first-order chi connectivity index (χ1) is 12.9. The Morgan fingerprint density at radius 2 is 1.27 bits per heavy atom. The van der Waals surface area contributed by atoms with Gasteiger partial charge in [0.1, 0.15) is 5.82 Å². The Kier molecular flexibility index (Phi) is 4.48. The number of hydrogen-bond acceptors (Lipinski definition) is 1. The second-order valence-corrected chi connectivity index (χ2v) is 6.13. The van der Waals surface area contributed by atoms with Crippen molar-refractivity contribution in [3.8, 4) is 28.3 Å². The Hall–Kier alpha value is -3.39. The molecule has 0 unspecified atom stereocenters. The molecule has 4 aromatic rings. The molecule has 0 fully saturated rings. The fraction of sp³-hybridized carbons (Fsp3) is 0.0417. The first-order valence-electron chi connectivity index (χ1n) is 8.77. The van der Waals surface area contributed by atoms with Gasteiger partial charge < -0.3 is 0 Å². The summed E-state index contributed by atoms with van der Waals surface area (Å²) in [6, 6.07) is 31.2. The third-order valence-electron chi connectivity index (χ3n) is 4.38. The van der Waals surface area contributed by atoms with Crippen LogP contribution in [0, 0.1) is 0 Å². The van der Waals surface area contributed by atoms with Crippen LogP contribution in [0.15, 0.2) is 104 Å². The summed E-state index contributed by atoms with van der Waals surface area (Å²) in [5.41, 5.74) is 5.52. The molecule has 0 N–H and O–H groups in total. The zero-order valence-corrected chi connectivity index (χ0v) is 14.5. The average Bonchev–Trinajstić information content (AvgIpc) is 3.09. The Balaban J connectivity index is 2.05. The van der Waals surface area contributed by atoms with Gasteiger partial charge in [-0.05, 0) is 12.1 Å². The Labute approximate surface area is 154 Å². The zero-order valence-electron chi connectivity index (χ0n) is 14.5. The van der Waals surface area contributed by atoms with Crippen molar-refractivity contribution in [3.63, 3.8) is 0 Å². The molecule has 0 saturated carbocycles. The van der Waals surface area contributed by atoms with E-state index >= 15 is 0 Å². The van der Waals surface area contributed by atoms with E-state index in [4.69, 9.17) is 4.98 Å². The highest BCUT2D eigenvalue weighted by Crippen LogP contribution is 2.33. The lowest BCUT2D eigenvalue weighted by atomic mass is 10.1. The number of rotatable bonds is 5. The molecule has 0 bridgehead atoms. The Bertz CT molecular complexity index is 1000. The summed E-state index contributed by atoms with van der Waals surface area (Å²) in [6.45, 7) is 3.93. The molecular formula is C24H20N2. The normalized spacial score (nSPS) is 10.6. The second-order valence-electron chi connectivity index (χ2n) is 6.13. The van der Waals surface area contributed by atoms with Crippen LogP contribution in [0.3, 0.4) is 0 Å². The summed E-state index contributed by atoms with van der Waals surface area (Å²) in [4.78, 5) is 5.01. The number of hydrogen-bond donors (Lipinski definition) is 0. The van der Waals surface area contributed by atoms with E-state index in [1.807, 2.05) is 24.3 Å². The predicted molar refractivity (Wildman–Crippen MR) is 108 cm³/mol. The molecule has 0 saturated heterocycles. The van der Waals surface area contributed by atoms with Gasteiger partial charge in [-0.15, -0.1) is 6.58 Å². The van der Waals surface area contributed by atoms with Gasteiger partial charge in [-0.25, -0.2) is 4.98 Å².